The predicted molar refractivity (Wildman–Crippen MR) is 113 cm³/mol. The van der Waals surface area contributed by atoms with Gasteiger partial charge >= 0.3 is 0 Å². The van der Waals surface area contributed by atoms with E-state index < -0.39 is 0 Å². The summed E-state index contributed by atoms with van der Waals surface area (Å²) in [6, 6.07) is 24.1. The lowest BCUT2D eigenvalue weighted by Gasteiger charge is -2.17. The van der Waals surface area contributed by atoms with Crippen molar-refractivity contribution >= 4 is 22.4 Å². The topological polar surface area (TPSA) is 54.9 Å². The molecule has 2 aromatic carbocycles. The van der Waals surface area contributed by atoms with Crippen molar-refractivity contribution in [1.82, 2.24) is 9.97 Å². The average Bonchev–Trinajstić information content (AvgIpc) is 3.22. The van der Waals surface area contributed by atoms with Crippen molar-refractivity contribution in [2.45, 2.75) is 12.3 Å². The second kappa shape index (κ2) is 8.59. The van der Waals surface area contributed by atoms with Gasteiger partial charge in [-0.05, 0) is 23.3 Å². The minimum absolute atomic E-state index is 0.00188. The van der Waals surface area contributed by atoms with Gasteiger partial charge in [-0.15, -0.1) is 11.3 Å². The molecule has 0 saturated carbocycles. The summed E-state index contributed by atoms with van der Waals surface area (Å²) in [5, 5.41) is 5.50. The number of carbonyl (C=O) groups excluding carboxylic acids is 1. The Balaban J connectivity index is 1.50. The van der Waals surface area contributed by atoms with Crippen LogP contribution in [-0.4, -0.2) is 15.9 Å². The average molecular weight is 385 g/mol. The van der Waals surface area contributed by atoms with Crippen LogP contribution in [0.2, 0.25) is 0 Å². The molecular weight excluding hydrogens is 366 g/mol. The first-order valence-electron chi connectivity index (χ1n) is 9.05. The molecule has 28 heavy (non-hydrogen) atoms. The Hall–Kier alpha value is -3.31. The first-order chi connectivity index (χ1) is 13.8. The van der Waals surface area contributed by atoms with Crippen molar-refractivity contribution in [3.8, 4) is 11.3 Å². The van der Waals surface area contributed by atoms with Crippen molar-refractivity contribution in [2.75, 3.05) is 5.32 Å². The van der Waals surface area contributed by atoms with Crippen molar-refractivity contribution in [3.05, 3.63) is 102 Å². The zero-order chi connectivity index (χ0) is 19.2. The largest absolute Gasteiger partial charge is 0.302 e. The maximum absolute atomic E-state index is 12.8. The monoisotopic (exact) mass is 385 g/mol. The van der Waals surface area contributed by atoms with E-state index in [9.17, 15) is 4.79 Å². The summed E-state index contributed by atoms with van der Waals surface area (Å²) in [7, 11) is 0. The number of thiazole rings is 1. The van der Waals surface area contributed by atoms with Gasteiger partial charge in [0.25, 0.3) is 0 Å². The molecule has 0 fully saturated rings. The Kier molecular flexibility index (Phi) is 5.54. The summed E-state index contributed by atoms with van der Waals surface area (Å²) >= 11 is 1.43. The molecule has 1 N–H and O–H groups in total. The molecule has 0 bridgehead atoms. The summed E-state index contributed by atoms with van der Waals surface area (Å²) in [5.74, 6) is -0.0460. The number of rotatable bonds is 6. The fraction of sp³-hybridized carbons (Fsp3) is 0.0870. The number of benzene rings is 2. The molecule has 0 saturated heterocycles. The summed E-state index contributed by atoms with van der Waals surface area (Å²) < 4.78 is 0. The molecule has 0 aliphatic heterocycles. The van der Waals surface area contributed by atoms with Gasteiger partial charge in [0.2, 0.25) is 5.91 Å². The first kappa shape index (κ1) is 18.1. The third-order valence-electron chi connectivity index (χ3n) is 4.52. The highest BCUT2D eigenvalue weighted by atomic mass is 32.1. The number of hydrogen-bond donors (Lipinski definition) is 1. The van der Waals surface area contributed by atoms with Crippen molar-refractivity contribution in [2.24, 2.45) is 0 Å². The van der Waals surface area contributed by atoms with Crippen molar-refractivity contribution in [1.29, 1.82) is 0 Å². The molecule has 4 rings (SSSR count). The summed E-state index contributed by atoms with van der Waals surface area (Å²) in [6.45, 7) is 0. The molecule has 0 aliphatic carbocycles. The van der Waals surface area contributed by atoms with E-state index in [1.807, 2.05) is 53.9 Å². The lowest BCUT2D eigenvalue weighted by Crippen LogP contribution is -2.16. The zero-order valence-electron chi connectivity index (χ0n) is 15.2. The van der Waals surface area contributed by atoms with E-state index in [0.717, 1.165) is 22.4 Å². The molecule has 0 unspecified atom stereocenters. The lowest BCUT2D eigenvalue weighted by molar-refractivity contribution is -0.116. The van der Waals surface area contributed by atoms with E-state index in [1.54, 1.807) is 12.4 Å². The van der Waals surface area contributed by atoms with Crippen LogP contribution in [0.25, 0.3) is 11.3 Å². The van der Waals surface area contributed by atoms with Crippen LogP contribution in [0.1, 0.15) is 23.5 Å². The maximum Gasteiger partial charge on any atom is 0.227 e. The highest BCUT2D eigenvalue weighted by molar-refractivity contribution is 7.14. The number of nitrogens with one attached hydrogen (secondary N) is 1. The van der Waals surface area contributed by atoms with Crippen LogP contribution in [0.3, 0.4) is 0 Å². The van der Waals surface area contributed by atoms with Crippen LogP contribution in [0.4, 0.5) is 5.13 Å². The van der Waals surface area contributed by atoms with E-state index in [-0.39, 0.29) is 11.8 Å². The van der Waals surface area contributed by atoms with Gasteiger partial charge in [0.1, 0.15) is 0 Å². The number of carbonyl (C=O) groups is 1. The van der Waals surface area contributed by atoms with Gasteiger partial charge in [-0.1, -0.05) is 60.7 Å². The maximum atomic E-state index is 12.8. The normalized spacial score (nSPS) is 10.8. The molecule has 0 radical (unpaired) electrons. The smallest absolute Gasteiger partial charge is 0.227 e. The number of aromatic nitrogens is 2. The second-order valence-electron chi connectivity index (χ2n) is 6.40. The molecular formula is C23H19N3OS. The number of pyridine rings is 1. The standard InChI is InChI=1S/C23H19N3OS/c27-22(26-23-25-21(16-28-23)19-11-13-24-14-12-19)15-20(17-7-3-1-4-8-17)18-9-5-2-6-10-18/h1-14,16,20H,15H2,(H,25,26,27). The van der Waals surface area contributed by atoms with Gasteiger partial charge in [0.15, 0.2) is 5.13 Å². The molecule has 1 amide bonds. The third-order valence-corrected chi connectivity index (χ3v) is 5.28. The van der Waals surface area contributed by atoms with Crippen LogP contribution in [0.5, 0.6) is 0 Å². The van der Waals surface area contributed by atoms with Crippen LogP contribution in [0.15, 0.2) is 90.6 Å². The molecule has 2 heterocycles. The van der Waals surface area contributed by atoms with Crippen LogP contribution < -0.4 is 5.32 Å². The zero-order valence-corrected chi connectivity index (χ0v) is 16.0. The molecule has 0 atom stereocenters. The summed E-state index contributed by atoms with van der Waals surface area (Å²) in [6.07, 6.45) is 3.83. The van der Waals surface area contributed by atoms with Crippen LogP contribution >= 0.6 is 11.3 Å². The Labute approximate surface area is 167 Å². The molecule has 4 aromatic rings. The van der Waals surface area contributed by atoms with Crippen LogP contribution in [-0.2, 0) is 4.79 Å². The van der Waals surface area contributed by atoms with Crippen molar-refractivity contribution < 1.29 is 4.79 Å². The molecule has 0 spiro atoms. The van der Waals surface area contributed by atoms with E-state index >= 15 is 0 Å². The third kappa shape index (κ3) is 4.32. The van der Waals surface area contributed by atoms with Gasteiger partial charge in [-0.3, -0.25) is 9.78 Å². The minimum atomic E-state index is -0.0478. The Morgan fingerprint density at radius 2 is 1.50 bits per heavy atom. The van der Waals surface area contributed by atoms with E-state index in [0.29, 0.717) is 11.6 Å². The lowest BCUT2D eigenvalue weighted by atomic mass is 9.88. The Bertz CT molecular complexity index is 994. The van der Waals surface area contributed by atoms with Crippen LogP contribution in [0, 0.1) is 0 Å². The number of amides is 1. The fourth-order valence-electron chi connectivity index (χ4n) is 3.14. The van der Waals surface area contributed by atoms with Gasteiger partial charge in [0.05, 0.1) is 5.69 Å². The highest BCUT2D eigenvalue weighted by Gasteiger charge is 2.19. The van der Waals surface area contributed by atoms with E-state index in [2.05, 4.69) is 39.6 Å². The SMILES string of the molecule is O=C(CC(c1ccccc1)c1ccccc1)Nc1nc(-c2ccncc2)cs1. The molecule has 0 aliphatic rings. The quantitative estimate of drug-likeness (QED) is 0.486. The van der Waals surface area contributed by atoms with E-state index in [1.165, 1.54) is 11.3 Å². The molecule has 138 valence electrons. The number of nitrogens with zero attached hydrogens (tertiary/aromatic N) is 2. The van der Waals surface area contributed by atoms with Gasteiger partial charge in [-0.25, -0.2) is 4.98 Å². The number of hydrogen-bond acceptors (Lipinski definition) is 4. The summed E-state index contributed by atoms with van der Waals surface area (Å²) in [4.78, 5) is 21.3. The minimum Gasteiger partial charge on any atom is -0.302 e. The molecule has 2 aromatic heterocycles. The van der Waals surface area contributed by atoms with Crippen molar-refractivity contribution in [3.63, 3.8) is 0 Å². The second-order valence-corrected chi connectivity index (χ2v) is 7.26. The number of anilines is 1. The highest BCUT2D eigenvalue weighted by Crippen LogP contribution is 2.29. The first-order valence-corrected chi connectivity index (χ1v) is 9.93. The van der Waals surface area contributed by atoms with Gasteiger partial charge < -0.3 is 5.32 Å². The molecule has 5 heteroatoms. The Morgan fingerprint density at radius 1 is 0.893 bits per heavy atom. The van der Waals surface area contributed by atoms with Gasteiger partial charge in [0, 0.05) is 35.7 Å². The summed E-state index contributed by atoms with van der Waals surface area (Å²) in [5.41, 5.74) is 4.07. The fourth-order valence-corrected chi connectivity index (χ4v) is 3.88. The van der Waals surface area contributed by atoms with Gasteiger partial charge in [-0.2, -0.15) is 0 Å². The van der Waals surface area contributed by atoms with E-state index in [4.69, 9.17) is 0 Å². The predicted octanol–water partition coefficient (Wildman–Crippen LogP) is 5.37. The molecule has 4 nitrogen and oxygen atoms in total. The Morgan fingerprint density at radius 3 is 2.11 bits per heavy atom.